The van der Waals surface area contributed by atoms with E-state index in [0.29, 0.717) is 6.42 Å². The first-order valence-corrected chi connectivity index (χ1v) is 7.14. The molecule has 5 heteroatoms. The number of aliphatic carboxylic acids is 1. The summed E-state index contributed by atoms with van der Waals surface area (Å²) in [6.07, 6.45) is 3.40. The minimum atomic E-state index is -1.01. The van der Waals surface area contributed by atoms with E-state index in [-0.39, 0.29) is 5.92 Å². The highest BCUT2D eigenvalue weighted by atomic mass is 79.9. The minimum absolute atomic E-state index is 0.199. The average Bonchev–Trinajstić information content (AvgIpc) is 2.35. The van der Waals surface area contributed by atoms with Crippen LogP contribution < -0.4 is 5.32 Å². The van der Waals surface area contributed by atoms with Gasteiger partial charge in [0.05, 0.1) is 0 Å². The molecule has 1 aromatic carbocycles. The van der Waals surface area contributed by atoms with E-state index in [1.54, 1.807) is 6.08 Å². The fraction of sp³-hybridized carbons (Fsp3) is 0.333. The predicted molar refractivity (Wildman–Crippen MR) is 82.2 cm³/mol. The minimum Gasteiger partial charge on any atom is -0.480 e. The summed E-state index contributed by atoms with van der Waals surface area (Å²) in [4.78, 5) is 22.8. The van der Waals surface area contributed by atoms with E-state index in [0.717, 1.165) is 10.0 Å². The molecule has 0 unspecified atom stereocenters. The number of carboxylic acid groups (broad SMARTS) is 1. The van der Waals surface area contributed by atoms with E-state index in [4.69, 9.17) is 5.11 Å². The maximum Gasteiger partial charge on any atom is 0.326 e. The molecule has 2 N–H and O–H groups in total. The summed E-state index contributed by atoms with van der Waals surface area (Å²) in [5, 5.41) is 11.5. The van der Waals surface area contributed by atoms with Crippen LogP contribution in [0, 0.1) is 5.92 Å². The fourth-order valence-corrected chi connectivity index (χ4v) is 2.11. The Morgan fingerprint density at radius 3 is 2.65 bits per heavy atom. The molecule has 0 aliphatic carbocycles. The van der Waals surface area contributed by atoms with Crippen LogP contribution in [-0.4, -0.2) is 23.0 Å². The number of halogens is 1. The highest BCUT2D eigenvalue weighted by Crippen LogP contribution is 2.12. The van der Waals surface area contributed by atoms with Gasteiger partial charge in [-0.25, -0.2) is 4.79 Å². The molecule has 0 aliphatic rings. The standard InChI is InChI=1S/C15H18BrNO3/c1-10(2)8-13(15(19)20)17-14(18)7-6-11-4-3-5-12(16)9-11/h3-7,9-10,13H,8H2,1-2H3,(H,17,18)(H,19,20)/b7-6+/t13-/m0/s1. The molecule has 0 aromatic heterocycles. The van der Waals surface area contributed by atoms with E-state index in [1.807, 2.05) is 38.1 Å². The second-order valence-electron chi connectivity index (χ2n) is 4.92. The van der Waals surface area contributed by atoms with Crippen LogP contribution in [0.2, 0.25) is 0 Å². The van der Waals surface area contributed by atoms with Crippen LogP contribution in [0.5, 0.6) is 0 Å². The number of amides is 1. The summed E-state index contributed by atoms with van der Waals surface area (Å²) in [5.74, 6) is -1.22. The molecule has 0 radical (unpaired) electrons. The molecule has 4 nitrogen and oxygen atoms in total. The van der Waals surface area contributed by atoms with Crippen LogP contribution in [0.4, 0.5) is 0 Å². The van der Waals surface area contributed by atoms with Crippen LogP contribution in [0.3, 0.4) is 0 Å². The topological polar surface area (TPSA) is 66.4 Å². The van der Waals surface area contributed by atoms with Crippen molar-refractivity contribution in [3.63, 3.8) is 0 Å². The number of carbonyl (C=O) groups excluding carboxylic acids is 1. The zero-order valence-electron chi connectivity index (χ0n) is 11.5. The van der Waals surface area contributed by atoms with Crippen molar-refractivity contribution in [1.82, 2.24) is 5.32 Å². The molecule has 1 rings (SSSR count). The summed E-state index contributed by atoms with van der Waals surface area (Å²) in [6, 6.07) is 6.62. The van der Waals surface area contributed by atoms with Crippen molar-refractivity contribution < 1.29 is 14.7 Å². The molecule has 1 atom stereocenters. The number of carboxylic acids is 1. The Morgan fingerprint density at radius 2 is 2.10 bits per heavy atom. The molecule has 1 amide bonds. The first-order valence-electron chi connectivity index (χ1n) is 6.35. The van der Waals surface area contributed by atoms with Gasteiger partial charge in [-0.15, -0.1) is 0 Å². The Labute approximate surface area is 127 Å². The molecule has 0 aliphatic heterocycles. The number of carbonyl (C=O) groups is 2. The fourth-order valence-electron chi connectivity index (χ4n) is 1.69. The Balaban J connectivity index is 2.63. The summed E-state index contributed by atoms with van der Waals surface area (Å²) >= 11 is 3.34. The quantitative estimate of drug-likeness (QED) is 0.782. The third kappa shape index (κ3) is 6.02. The van der Waals surface area contributed by atoms with Gasteiger partial charge in [-0.2, -0.15) is 0 Å². The maximum absolute atomic E-state index is 11.7. The van der Waals surface area contributed by atoms with Gasteiger partial charge in [0.15, 0.2) is 0 Å². The van der Waals surface area contributed by atoms with Gasteiger partial charge in [0, 0.05) is 10.5 Å². The van der Waals surface area contributed by atoms with Gasteiger partial charge in [-0.05, 0) is 36.1 Å². The second-order valence-corrected chi connectivity index (χ2v) is 5.83. The first-order chi connectivity index (χ1) is 9.38. The molecule has 0 saturated heterocycles. The van der Waals surface area contributed by atoms with Gasteiger partial charge in [0.25, 0.3) is 0 Å². The summed E-state index contributed by atoms with van der Waals surface area (Å²) < 4.78 is 0.920. The predicted octanol–water partition coefficient (Wildman–Crippen LogP) is 3.08. The van der Waals surface area contributed by atoms with E-state index in [9.17, 15) is 9.59 Å². The van der Waals surface area contributed by atoms with Crippen LogP contribution in [0.1, 0.15) is 25.8 Å². The molecular formula is C15H18BrNO3. The zero-order valence-corrected chi connectivity index (χ0v) is 13.1. The molecule has 0 fully saturated rings. The lowest BCUT2D eigenvalue weighted by Gasteiger charge is -2.15. The lowest BCUT2D eigenvalue weighted by Crippen LogP contribution is -2.40. The molecule has 1 aromatic rings. The van der Waals surface area contributed by atoms with Gasteiger partial charge in [0.1, 0.15) is 6.04 Å². The highest BCUT2D eigenvalue weighted by molar-refractivity contribution is 9.10. The van der Waals surface area contributed by atoms with Crippen LogP contribution >= 0.6 is 15.9 Å². The Morgan fingerprint density at radius 1 is 1.40 bits per heavy atom. The van der Waals surface area contributed by atoms with Gasteiger partial charge in [-0.1, -0.05) is 41.9 Å². The molecule has 0 bridgehead atoms. The van der Waals surface area contributed by atoms with Gasteiger partial charge in [0.2, 0.25) is 5.91 Å². The number of rotatable bonds is 6. The molecule has 20 heavy (non-hydrogen) atoms. The van der Waals surface area contributed by atoms with Crippen molar-refractivity contribution in [2.75, 3.05) is 0 Å². The normalized spacial score (nSPS) is 12.6. The molecular weight excluding hydrogens is 322 g/mol. The average molecular weight is 340 g/mol. The highest BCUT2D eigenvalue weighted by Gasteiger charge is 2.19. The van der Waals surface area contributed by atoms with E-state index in [1.165, 1.54) is 6.08 Å². The van der Waals surface area contributed by atoms with Crippen LogP contribution in [-0.2, 0) is 9.59 Å². The Hall–Kier alpha value is -1.62. The second kappa shape index (κ2) is 7.85. The number of benzene rings is 1. The largest absolute Gasteiger partial charge is 0.480 e. The Kier molecular flexibility index (Phi) is 6.45. The maximum atomic E-state index is 11.7. The van der Waals surface area contributed by atoms with Gasteiger partial charge in [-0.3, -0.25) is 4.79 Å². The van der Waals surface area contributed by atoms with Gasteiger partial charge < -0.3 is 10.4 Å². The van der Waals surface area contributed by atoms with Crippen LogP contribution in [0.25, 0.3) is 6.08 Å². The van der Waals surface area contributed by atoms with Gasteiger partial charge >= 0.3 is 5.97 Å². The third-order valence-electron chi connectivity index (χ3n) is 2.60. The zero-order chi connectivity index (χ0) is 15.1. The monoisotopic (exact) mass is 339 g/mol. The first kappa shape index (κ1) is 16.4. The van der Waals surface area contributed by atoms with E-state index in [2.05, 4.69) is 21.2 Å². The summed E-state index contributed by atoms with van der Waals surface area (Å²) in [5.41, 5.74) is 0.866. The molecule has 0 heterocycles. The number of nitrogens with one attached hydrogen (secondary N) is 1. The van der Waals surface area contributed by atoms with E-state index < -0.39 is 17.9 Å². The SMILES string of the molecule is CC(C)C[C@H](NC(=O)/C=C/c1cccc(Br)c1)C(=O)O. The van der Waals surface area contributed by atoms with Crippen molar-refractivity contribution >= 4 is 33.9 Å². The van der Waals surface area contributed by atoms with E-state index >= 15 is 0 Å². The van der Waals surface area contributed by atoms with Crippen molar-refractivity contribution in [2.45, 2.75) is 26.3 Å². The molecule has 0 saturated carbocycles. The summed E-state index contributed by atoms with van der Waals surface area (Å²) in [6.45, 7) is 3.83. The van der Waals surface area contributed by atoms with Crippen molar-refractivity contribution in [3.05, 3.63) is 40.4 Å². The van der Waals surface area contributed by atoms with Crippen molar-refractivity contribution in [1.29, 1.82) is 0 Å². The lowest BCUT2D eigenvalue weighted by molar-refractivity contribution is -0.141. The van der Waals surface area contributed by atoms with Crippen LogP contribution in [0.15, 0.2) is 34.8 Å². The van der Waals surface area contributed by atoms with Crippen molar-refractivity contribution in [2.24, 2.45) is 5.92 Å². The molecule has 108 valence electrons. The third-order valence-corrected chi connectivity index (χ3v) is 3.09. The molecule has 0 spiro atoms. The smallest absolute Gasteiger partial charge is 0.326 e. The number of hydrogen-bond acceptors (Lipinski definition) is 2. The van der Waals surface area contributed by atoms with Crippen molar-refractivity contribution in [3.8, 4) is 0 Å². The summed E-state index contributed by atoms with van der Waals surface area (Å²) in [7, 11) is 0. The lowest BCUT2D eigenvalue weighted by atomic mass is 10.0. The number of hydrogen-bond donors (Lipinski definition) is 2. The Bertz CT molecular complexity index is 512.